The molecule has 1 heterocycles. The van der Waals surface area contributed by atoms with E-state index in [4.69, 9.17) is 4.74 Å². The van der Waals surface area contributed by atoms with Crippen LogP contribution in [-0.4, -0.2) is 42.9 Å². The molecule has 0 aromatic heterocycles. The molecule has 0 bridgehead atoms. The van der Waals surface area contributed by atoms with Crippen molar-refractivity contribution >= 4 is 23.5 Å². The van der Waals surface area contributed by atoms with Crippen LogP contribution in [0.25, 0.3) is 0 Å². The van der Waals surface area contributed by atoms with Gasteiger partial charge in [0.05, 0.1) is 12.7 Å². The fourth-order valence-electron chi connectivity index (χ4n) is 3.68. The van der Waals surface area contributed by atoms with E-state index in [1.54, 1.807) is 18.2 Å². The summed E-state index contributed by atoms with van der Waals surface area (Å²) in [6.07, 6.45) is 2.49. The molecule has 0 unspecified atom stereocenters. The number of benzene rings is 2. The third-order valence-corrected chi connectivity index (χ3v) is 5.61. The number of nitrogens with one attached hydrogen (secondary N) is 1. The van der Waals surface area contributed by atoms with Crippen LogP contribution in [0.4, 0.5) is 5.69 Å². The van der Waals surface area contributed by atoms with Gasteiger partial charge < -0.3 is 15.0 Å². The van der Waals surface area contributed by atoms with Crippen molar-refractivity contribution in [1.29, 1.82) is 0 Å². The number of piperidine rings is 1. The van der Waals surface area contributed by atoms with Crippen molar-refractivity contribution in [3.05, 3.63) is 65.2 Å². The number of hydrogen-bond acceptors (Lipinski definition) is 4. The Morgan fingerprint density at radius 1 is 1.07 bits per heavy atom. The number of aryl methyl sites for hydroxylation is 2. The number of nitrogens with zero attached hydrogens (tertiary/aromatic N) is 1. The predicted octanol–water partition coefficient (Wildman–Crippen LogP) is 3.59. The minimum absolute atomic E-state index is 0.0727. The van der Waals surface area contributed by atoms with Gasteiger partial charge in [-0.25, -0.2) is 4.79 Å². The van der Waals surface area contributed by atoms with Crippen molar-refractivity contribution in [1.82, 2.24) is 4.90 Å². The monoisotopic (exact) mass is 408 g/mol. The van der Waals surface area contributed by atoms with Crippen LogP contribution in [0.2, 0.25) is 0 Å². The normalized spacial score (nSPS) is 14.3. The molecule has 2 aromatic carbocycles. The van der Waals surface area contributed by atoms with Crippen molar-refractivity contribution in [2.24, 2.45) is 5.92 Å². The number of amides is 2. The Bertz CT molecular complexity index is 903. The quantitative estimate of drug-likeness (QED) is 0.741. The topological polar surface area (TPSA) is 75.7 Å². The van der Waals surface area contributed by atoms with Gasteiger partial charge in [-0.1, -0.05) is 36.4 Å². The van der Waals surface area contributed by atoms with Crippen LogP contribution < -0.4 is 5.32 Å². The molecule has 6 heteroatoms. The molecule has 30 heavy (non-hydrogen) atoms. The second-order valence-electron chi connectivity index (χ2n) is 7.65. The first kappa shape index (κ1) is 21.6. The molecule has 158 valence electrons. The summed E-state index contributed by atoms with van der Waals surface area (Å²) in [4.78, 5) is 38.8. The lowest BCUT2D eigenvalue weighted by Gasteiger charge is -2.31. The van der Waals surface area contributed by atoms with Gasteiger partial charge >= 0.3 is 5.97 Å². The summed E-state index contributed by atoms with van der Waals surface area (Å²) in [6, 6.07) is 15.1. The average molecular weight is 408 g/mol. The minimum Gasteiger partial charge on any atom is -0.465 e. The maximum absolute atomic E-state index is 12.7. The minimum atomic E-state index is -0.437. The number of ether oxygens (including phenoxy) is 1. The molecule has 0 radical (unpaired) electrons. The molecule has 1 saturated heterocycles. The third kappa shape index (κ3) is 5.47. The van der Waals surface area contributed by atoms with Gasteiger partial charge in [-0.05, 0) is 49.4 Å². The van der Waals surface area contributed by atoms with E-state index in [2.05, 4.69) is 5.32 Å². The van der Waals surface area contributed by atoms with Crippen molar-refractivity contribution in [2.45, 2.75) is 32.6 Å². The van der Waals surface area contributed by atoms with E-state index in [1.807, 2.05) is 42.2 Å². The highest BCUT2D eigenvalue weighted by molar-refractivity contribution is 5.96. The zero-order valence-electron chi connectivity index (χ0n) is 17.5. The summed E-state index contributed by atoms with van der Waals surface area (Å²) in [5.41, 5.74) is 3.05. The van der Waals surface area contributed by atoms with Crippen molar-refractivity contribution in [3.8, 4) is 0 Å². The van der Waals surface area contributed by atoms with Gasteiger partial charge in [0.2, 0.25) is 11.8 Å². The predicted molar refractivity (Wildman–Crippen MR) is 115 cm³/mol. The van der Waals surface area contributed by atoms with Crippen LogP contribution in [0.5, 0.6) is 0 Å². The highest BCUT2D eigenvalue weighted by Gasteiger charge is 2.27. The van der Waals surface area contributed by atoms with Crippen molar-refractivity contribution in [3.63, 3.8) is 0 Å². The van der Waals surface area contributed by atoms with Gasteiger partial charge in [0.1, 0.15) is 0 Å². The van der Waals surface area contributed by atoms with Gasteiger partial charge in [0, 0.05) is 31.1 Å². The first-order valence-electron chi connectivity index (χ1n) is 10.3. The molecular formula is C24H28N2O4. The van der Waals surface area contributed by atoms with Crippen LogP contribution in [0.1, 0.15) is 40.7 Å². The molecule has 1 fully saturated rings. The van der Waals surface area contributed by atoms with E-state index >= 15 is 0 Å². The van der Waals surface area contributed by atoms with Gasteiger partial charge in [-0.15, -0.1) is 0 Å². The smallest absolute Gasteiger partial charge is 0.337 e. The van der Waals surface area contributed by atoms with Crippen molar-refractivity contribution < 1.29 is 19.1 Å². The average Bonchev–Trinajstić information content (AvgIpc) is 2.79. The highest BCUT2D eigenvalue weighted by atomic mass is 16.5. The molecular weight excluding hydrogens is 380 g/mol. The zero-order valence-corrected chi connectivity index (χ0v) is 17.5. The van der Waals surface area contributed by atoms with E-state index in [1.165, 1.54) is 7.11 Å². The molecule has 3 rings (SSSR count). The SMILES string of the molecule is COC(=O)c1ccc(C)c(NC(=O)C2CCN(C(=O)CCc3ccccc3)CC2)c1. The maximum atomic E-state index is 12.7. The Balaban J connectivity index is 1.50. The number of hydrogen-bond donors (Lipinski definition) is 1. The summed E-state index contributed by atoms with van der Waals surface area (Å²) in [5.74, 6) is -0.520. The number of likely N-dealkylation sites (tertiary alicyclic amines) is 1. The molecule has 1 aliphatic rings. The van der Waals surface area contributed by atoms with Gasteiger partial charge in [0.15, 0.2) is 0 Å². The molecule has 2 amide bonds. The first-order valence-corrected chi connectivity index (χ1v) is 10.3. The standard InChI is InChI=1S/C24H28N2O4/c1-17-8-10-20(24(29)30-2)16-21(17)25-23(28)19-12-14-26(15-13-19)22(27)11-9-18-6-4-3-5-7-18/h3-8,10,16,19H,9,11-15H2,1-2H3,(H,25,28). The number of methoxy groups -OCH3 is 1. The lowest BCUT2D eigenvalue weighted by molar-refractivity contribution is -0.134. The zero-order chi connectivity index (χ0) is 21.5. The molecule has 0 saturated carbocycles. The lowest BCUT2D eigenvalue weighted by Crippen LogP contribution is -2.41. The van der Waals surface area contributed by atoms with E-state index in [0.29, 0.717) is 43.6 Å². The fraction of sp³-hybridized carbons (Fsp3) is 0.375. The number of carbonyl (C=O) groups excluding carboxylic acids is 3. The Morgan fingerprint density at radius 3 is 2.43 bits per heavy atom. The third-order valence-electron chi connectivity index (χ3n) is 5.61. The number of carbonyl (C=O) groups is 3. The molecule has 6 nitrogen and oxygen atoms in total. The molecule has 0 aliphatic carbocycles. The second kappa shape index (κ2) is 10.1. The van der Waals surface area contributed by atoms with Crippen molar-refractivity contribution in [2.75, 3.05) is 25.5 Å². The first-order chi connectivity index (χ1) is 14.5. The van der Waals surface area contributed by atoms with Crippen LogP contribution in [0, 0.1) is 12.8 Å². The molecule has 1 aliphatic heterocycles. The van der Waals surface area contributed by atoms with Gasteiger partial charge in [-0.3, -0.25) is 9.59 Å². The van der Waals surface area contributed by atoms with Crippen LogP contribution in [0.3, 0.4) is 0 Å². The van der Waals surface area contributed by atoms with Gasteiger partial charge in [0.25, 0.3) is 0 Å². The number of rotatable bonds is 6. The summed E-state index contributed by atoms with van der Waals surface area (Å²) in [6.45, 7) is 3.06. The van der Waals surface area contributed by atoms with Crippen LogP contribution >= 0.6 is 0 Å². The van der Waals surface area contributed by atoms with Crippen LogP contribution in [0.15, 0.2) is 48.5 Å². The molecule has 1 N–H and O–H groups in total. The number of esters is 1. The Labute approximate surface area is 177 Å². The van der Waals surface area contributed by atoms with E-state index in [-0.39, 0.29) is 17.7 Å². The second-order valence-corrected chi connectivity index (χ2v) is 7.65. The maximum Gasteiger partial charge on any atom is 0.337 e. The highest BCUT2D eigenvalue weighted by Crippen LogP contribution is 2.23. The molecule has 0 atom stereocenters. The summed E-state index contributed by atoms with van der Waals surface area (Å²) in [5, 5.41) is 2.94. The summed E-state index contributed by atoms with van der Waals surface area (Å²) >= 11 is 0. The van der Waals surface area contributed by atoms with Gasteiger partial charge in [-0.2, -0.15) is 0 Å². The molecule has 2 aromatic rings. The Hall–Kier alpha value is -3.15. The van der Waals surface area contributed by atoms with Crippen LogP contribution in [-0.2, 0) is 20.7 Å². The van der Waals surface area contributed by atoms with E-state index in [9.17, 15) is 14.4 Å². The fourth-order valence-corrected chi connectivity index (χ4v) is 3.68. The lowest BCUT2D eigenvalue weighted by atomic mass is 9.95. The van der Waals surface area contributed by atoms with E-state index < -0.39 is 5.97 Å². The Morgan fingerprint density at radius 2 is 1.77 bits per heavy atom. The molecule has 0 spiro atoms. The largest absolute Gasteiger partial charge is 0.465 e. The summed E-state index contributed by atoms with van der Waals surface area (Å²) in [7, 11) is 1.33. The van der Waals surface area contributed by atoms with E-state index in [0.717, 1.165) is 17.5 Å². The summed E-state index contributed by atoms with van der Waals surface area (Å²) < 4.78 is 4.75. The number of anilines is 1. The Kier molecular flexibility index (Phi) is 7.22.